The van der Waals surface area contributed by atoms with Crippen LogP contribution in [0.1, 0.15) is 10.6 Å². The van der Waals surface area contributed by atoms with Gasteiger partial charge in [-0.15, -0.1) is 16.4 Å². The Labute approximate surface area is 165 Å². The van der Waals surface area contributed by atoms with Crippen LogP contribution >= 0.6 is 11.3 Å². The molecule has 7 nitrogen and oxygen atoms in total. The van der Waals surface area contributed by atoms with E-state index in [0.717, 1.165) is 37.7 Å². The van der Waals surface area contributed by atoms with E-state index in [1.54, 1.807) is 12.1 Å². The van der Waals surface area contributed by atoms with Gasteiger partial charge >= 0.3 is 0 Å². The number of aromatic nitrogens is 3. The summed E-state index contributed by atoms with van der Waals surface area (Å²) in [5.41, 5.74) is 0.517. The minimum Gasteiger partial charge on any atom is -0.379 e. The van der Waals surface area contributed by atoms with Crippen molar-refractivity contribution < 1.29 is 13.9 Å². The Morgan fingerprint density at radius 3 is 2.86 bits per heavy atom. The highest BCUT2D eigenvalue weighted by Gasteiger charge is 2.20. The number of benzene rings is 1. The minimum absolute atomic E-state index is 0.0645. The molecule has 4 rings (SSSR count). The third-order valence-corrected chi connectivity index (χ3v) is 5.29. The van der Waals surface area contributed by atoms with Crippen LogP contribution in [0.2, 0.25) is 0 Å². The molecule has 1 aliphatic rings. The lowest BCUT2D eigenvalue weighted by Crippen LogP contribution is -2.41. The molecule has 1 saturated heterocycles. The Hall–Kier alpha value is -2.62. The Kier molecular flexibility index (Phi) is 5.75. The van der Waals surface area contributed by atoms with Gasteiger partial charge < -0.3 is 10.1 Å². The molecule has 0 spiro atoms. The van der Waals surface area contributed by atoms with E-state index < -0.39 is 0 Å². The fraction of sp³-hybridized carbons (Fsp3) is 0.316. The van der Waals surface area contributed by atoms with Crippen LogP contribution in [-0.4, -0.2) is 65.0 Å². The molecule has 0 atom stereocenters. The molecule has 1 amide bonds. The first kappa shape index (κ1) is 18.7. The first-order valence-electron chi connectivity index (χ1n) is 9.06. The highest BCUT2D eigenvalue weighted by molar-refractivity contribution is 7.13. The number of hydrogen-bond donors (Lipinski definition) is 1. The molecule has 1 aromatic carbocycles. The molecule has 1 fully saturated rings. The molecule has 0 aliphatic carbocycles. The highest BCUT2D eigenvalue weighted by atomic mass is 32.1. The van der Waals surface area contributed by atoms with Crippen molar-refractivity contribution in [2.75, 3.05) is 39.4 Å². The number of hydrogen-bond acceptors (Lipinski definition) is 6. The van der Waals surface area contributed by atoms with E-state index in [9.17, 15) is 9.18 Å². The lowest BCUT2D eigenvalue weighted by atomic mass is 10.3. The molecule has 146 valence electrons. The van der Waals surface area contributed by atoms with Crippen molar-refractivity contribution in [1.29, 1.82) is 0 Å². The van der Waals surface area contributed by atoms with Crippen molar-refractivity contribution in [3.8, 4) is 16.4 Å². The predicted octanol–water partition coefficient (Wildman–Crippen LogP) is 2.20. The van der Waals surface area contributed by atoms with E-state index in [2.05, 4.69) is 20.3 Å². The molecule has 9 heteroatoms. The predicted molar refractivity (Wildman–Crippen MR) is 104 cm³/mol. The number of morpholine rings is 1. The van der Waals surface area contributed by atoms with Gasteiger partial charge in [0.25, 0.3) is 5.91 Å². The van der Waals surface area contributed by atoms with Gasteiger partial charge in [0.15, 0.2) is 5.82 Å². The Bertz CT molecular complexity index is 938. The monoisotopic (exact) mass is 401 g/mol. The standard InChI is InChI=1S/C19H20FN5O2S/c20-14-3-1-4-15(13-14)25-18(16-5-2-12-28-16)22-17(23-25)19(26)21-6-7-24-8-10-27-11-9-24/h1-5,12-13H,6-11H2,(H,21,26). The molecular weight excluding hydrogens is 381 g/mol. The van der Waals surface area contributed by atoms with Crippen LogP contribution in [0, 0.1) is 5.82 Å². The second-order valence-corrected chi connectivity index (χ2v) is 7.29. The summed E-state index contributed by atoms with van der Waals surface area (Å²) in [5.74, 6) is -0.142. The van der Waals surface area contributed by atoms with E-state index in [1.807, 2.05) is 17.5 Å². The molecule has 0 unspecified atom stereocenters. The molecule has 0 bridgehead atoms. The van der Waals surface area contributed by atoms with Crippen LogP contribution in [0.15, 0.2) is 41.8 Å². The number of amides is 1. The molecule has 28 heavy (non-hydrogen) atoms. The van der Waals surface area contributed by atoms with Crippen molar-refractivity contribution in [1.82, 2.24) is 25.0 Å². The molecule has 1 N–H and O–H groups in total. The van der Waals surface area contributed by atoms with E-state index in [-0.39, 0.29) is 17.5 Å². The van der Waals surface area contributed by atoms with Gasteiger partial charge in [0.05, 0.1) is 23.8 Å². The van der Waals surface area contributed by atoms with Gasteiger partial charge in [-0.3, -0.25) is 9.69 Å². The summed E-state index contributed by atoms with van der Waals surface area (Å²) in [6.45, 7) is 4.42. The zero-order valence-corrected chi connectivity index (χ0v) is 16.0. The first-order chi connectivity index (χ1) is 13.7. The molecule has 2 aromatic heterocycles. The third kappa shape index (κ3) is 4.27. The van der Waals surface area contributed by atoms with Crippen molar-refractivity contribution >= 4 is 17.2 Å². The second-order valence-electron chi connectivity index (χ2n) is 6.34. The third-order valence-electron chi connectivity index (χ3n) is 4.42. The van der Waals surface area contributed by atoms with Crippen molar-refractivity contribution in [2.45, 2.75) is 0 Å². The molecule has 0 radical (unpaired) electrons. The largest absolute Gasteiger partial charge is 0.379 e. The topological polar surface area (TPSA) is 72.3 Å². The summed E-state index contributed by atoms with van der Waals surface area (Å²) in [5, 5.41) is 9.13. The maximum Gasteiger partial charge on any atom is 0.291 e. The zero-order chi connectivity index (χ0) is 19.3. The number of halogens is 1. The maximum absolute atomic E-state index is 13.7. The van der Waals surface area contributed by atoms with E-state index >= 15 is 0 Å². The fourth-order valence-electron chi connectivity index (χ4n) is 2.99. The Morgan fingerprint density at radius 2 is 2.11 bits per heavy atom. The number of carbonyl (C=O) groups excluding carboxylic acids is 1. The molecule has 1 aliphatic heterocycles. The summed E-state index contributed by atoms with van der Waals surface area (Å²) >= 11 is 1.48. The second kappa shape index (κ2) is 8.59. The number of thiophene rings is 1. The number of carbonyl (C=O) groups is 1. The summed E-state index contributed by atoms with van der Waals surface area (Å²) in [7, 11) is 0. The number of rotatable bonds is 6. The summed E-state index contributed by atoms with van der Waals surface area (Å²) in [6.07, 6.45) is 0. The van der Waals surface area contributed by atoms with Gasteiger partial charge in [-0.1, -0.05) is 12.1 Å². The van der Waals surface area contributed by atoms with Crippen LogP contribution in [0.4, 0.5) is 4.39 Å². The number of nitrogens with one attached hydrogen (secondary N) is 1. The van der Waals surface area contributed by atoms with Gasteiger partial charge in [-0.05, 0) is 29.6 Å². The van der Waals surface area contributed by atoms with Crippen LogP contribution in [0.25, 0.3) is 16.4 Å². The smallest absolute Gasteiger partial charge is 0.291 e. The van der Waals surface area contributed by atoms with Gasteiger partial charge in [-0.2, -0.15) is 0 Å². The Balaban J connectivity index is 1.52. The van der Waals surface area contributed by atoms with Crippen LogP contribution in [0.3, 0.4) is 0 Å². The van der Waals surface area contributed by atoms with E-state index in [1.165, 1.54) is 28.2 Å². The summed E-state index contributed by atoms with van der Waals surface area (Å²) in [6, 6.07) is 9.86. The summed E-state index contributed by atoms with van der Waals surface area (Å²) in [4.78, 5) is 20.1. The minimum atomic E-state index is -0.373. The SMILES string of the molecule is O=C(NCCN1CCOCC1)c1nc(-c2cccs2)n(-c2cccc(F)c2)n1. The average molecular weight is 401 g/mol. The maximum atomic E-state index is 13.7. The molecular formula is C19H20FN5O2S. The van der Waals surface area contributed by atoms with E-state index in [0.29, 0.717) is 18.1 Å². The van der Waals surface area contributed by atoms with Crippen LogP contribution in [0.5, 0.6) is 0 Å². The lowest BCUT2D eigenvalue weighted by Gasteiger charge is -2.26. The first-order valence-corrected chi connectivity index (χ1v) is 9.94. The van der Waals surface area contributed by atoms with Crippen LogP contribution in [-0.2, 0) is 4.74 Å². The van der Waals surface area contributed by atoms with Crippen molar-refractivity contribution in [3.05, 3.63) is 53.4 Å². The van der Waals surface area contributed by atoms with Gasteiger partial charge in [0, 0.05) is 26.2 Å². The zero-order valence-electron chi connectivity index (χ0n) is 15.2. The highest BCUT2D eigenvalue weighted by Crippen LogP contribution is 2.25. The quantitative estimate of drug-likeness (QED) is 0.686. The number of ether oxygens (including phenoxy) is 1. The van der Waals surface area contributed by atoms with Gasteiger partial charge in [0.1, 0.15) is 5.82 Å². The van der Waals surface area contributed by atoms with Crippen LogP contribution < -0.4 is 5.32 Å². The van der Waals surface area contributed by atoms with Gasteiger partial charge in [-0.25, -0.2) is 14.1 Å². The molecule has 3 heterocycles. The average Bonchev–Trinajstić information content (AvgIpc) is 3.38. The fourth-order valence-corrected chi connectivity index (χ4v) is 3.69. The van der Waals surface area contributed by atoms with Gasteiger partial charge in [0.2, 0.25) is 5.82 Å². The van der Waals surface area contributed by atoms with E-state index in [4.69, 9.17) is 4.74 Å². The lowest BCUT2D eigenvalue weighted by molar-refractivity contribution is 0.0383. The Morgan fingerprint density at radius 1 is 1.25 bits per heavy atom. The molecule has 0 saturated carbocycles. The number of nitrogens with zero attached hydrogens (tertiary/aromatic N) is 4. The van der Waals surface area contributed by atoms with Crippen molar-refractivity contribution in [2.24, 2.45) is 0 Å². The normalized spacial score (nSPS) is 14.9. The summed E-state index contributed by atoms with van der Waals surface area (Å²) < 4.78 is 20.5. The molecule has 3 aromatic rings. The van der Waals surface area contributed by atoms with Crippen molar-refractivity contribution in [3.63, 3.8) is 0 Å².